The van der Waals surface area contributed by atoms with Crippen molar-refractivity contribution in [2.24, 2.45) is 0 Å². The summed E-state index contributed by atoms with van der Waals surface area (Å²) in [5.74, 6) is -4.16. The fraction of sp³-hybridized carbons (Fsp3) is 0.625. The third kappa shape index (κ3) is 22.6. The molecule has 0 saturated carbocycles. The normalized spacial score (nSPS) is 13.4. The summed E-state index contributed by atoms with van der Waals surface area (Å²) >= 11 is 0. The molecule has 0 aliphatic heterocycles. The number of carbonyl (C=O) groups is 6. The zero-order valence-electron chi connectivity index (χ0n) is 44.0. The molecule has 0 radical (unpaired) electrons. The fourth-order valence-electron chi connectivity index (χ4n) is 6.05. The first-order valence-corrected chi connectivity index (χ1v) is 25.8. The smallest absolute Gasteiger partial charge is 0.424 e. The third-order valence-corrected chi connectivity index (χ3v) is 12.8. The van der Waals surface area contributed by atoms with Gasteiger partial charge in [0.2, 0.25) is 0 Å². The van der Waals surface area contributed by atoms with Gasteiger partial charge < -0.3 is 37.9 Å². The topological polar surface area (TPSA) is 257 Å². The molecule has 2 unspecified atom stereocenters. The SMILES string of the molecule is CN(C(=O)OCc1ccccc1)S(=O)(=O)N(CCOCCOCCN(C(CC(=O)OC(C)(C)C)C(=O)OC(C)(C)C)S(=O)(=O)N(C)C(=O)OCc1ccccc1)C(CC(=O)OC(C)(C)C)C(=O)OC(C)(C)C. The first kappa shape index (κ1) is 62.7. The molecule has 0 bridgehead atoms. The Bertz CT molecular complexity index is 2160. The second kappa shape index (κ2) is 27.1. The largest absolute Gasteiger partial charge is 0.460 e. The molecule has 0 aliphatic rings. The number of hydrogen-bond donors (Lipinski definition) is 0. The first-order chi connectivity index (χ1) is 33.0. The first-order valence-electron chi connectivity index (χ1n) is 23.0. The van der Waals surface area contributed by atoms with E-state index in [1.807, 2.05) is 0 Å². The van der Waals surface area contributed by atoms with Gasteiger partial charge in [-0.2, -0.15) is 34.1 Å². The molecule has 2 aromatic rings. The van der Waals surface area contributed by atoms with E-state index in [1.54, 1.807) is 102 Å². The van der Waals surface area contributed by atoms with E-state index >= 15 is 0 Å². The standard InChI is InChI=1S/C48H74N4O18S2/c1-45(2,3)67-39(53)31-37(41(55)69-47(7,8)9)51(71(59,60)49(13)43(57)65-33-35-21-17-15-18-22-35)25-27-63-29-30-64-28-26-52(38(42(56)70-48(10,11)12)32-40(54)68-46(4,5)6)72(61,62)50(14)44(58)66-34-36-23-19-16-20-24-36/h15-24,37-38H,25-34H2,1-14H3. The number of hydrogen-bond acceptors (Lipinski definition) is 18. The Morgan fingerprint density at radius 3 is 1.03 bits per heavy atom. The van der Waals surface area contributed by atoms with Crippen LogP contribution in [-0.2, 0) is 90.7 Å². The van der Waals surface area contributed by atoms with E-state index in [9.17, 15) is 45.6 Å². The Labute approximate surface area is 424 Å². The summed E-state index contributed by atoms with van der Waals surface area (Å²) < 4.78 is 103. The molecule has 0 fully saturated rings. The molecule has 0 saturated heterocycles. The maximum Gasteiger partial charge on any atom is 0.424 e. The average molecular weight is 1060 g/mol. The van der Waals surface area contributed by atoms with E-state index in [2.05, 4.69) is 0 Å². The highest BCUT2D eigenvalue weighted by Gasteiger charge is 2.45. The van der Waals surface area contributed by atoms with Gasteiger partial charge >= 0.3 is 56.5 Å². The van der Waals surface area contributed by atoms with Crippen LogP contribution in [0.1, 0.15) is 107 Å². The van der Waals surface area contributed by atoms with E-state index in [4.69, 9.17) is 37.9 Å². The van der Waals surface area contributed by atoms with E-state index in [1.165, 1.54) is 41.5 Å². The minimum atomic E-state index is -4.99. The van der Waals surface area contributed by atoms with Crippen molar-refractivity contribution < 1.29 is 83.5 Å². The fourth-order valence-corrected chi connectivity index (χ4v) is 8.73. The molecule has 2 atom stereocenters. The summed E-state index contributed by atoms with van der Waals surface area (Å²) in [5.41, 5.74) is -3.23. The van der Waals surface area contributed by atoms with Gasteiger partial charge in [0.25, 0.3) is 0 Å². The Morgan fingerprint density at radius 1 is 0.458 bits per heavy atom. The average Bonchev–Trinajstić information content (AvgIpc) is 3.24. The Hall–Kier alpha value is -5.40. The number of rotatable bonds is 25. The molecule has 0 spiro atoms. The van der Waals surface area contributed by atoms with Crippen molar-refractivity contribution in [3.63, 3.8) is 0 Å². The van der Waals surface area contributed by atoms with E-state index < -0.39 is 130 Å². The molecule has 2 amide bonds. The molecule has 406 valence electrons. The van der Waals surface area contributed by atoms with Crippen LogP contribution in [0.4, 0.5) is 9.59 Å². The van der Waals surface area contributed by atoms with Gasteiger partial charge in [-0.05, 0) is 94.2 Å². The molecule has 0 heterocycles. The minimum Gasteiger partial charge on any atom is -0.460 e. The lowest BCUT2D eigenvalue weighted by Gasteiger charge is -2.34. The van der Waals surface area contributed by atoms with Crippen molar-refractivity contribution in [1.29, 1.82) is 0 Å². The molecule has 0 aliphatic carbocycles. The van der Waals surface area contributed by atoms with E-state index in [0.717, 1.165) is 14.1 Å². The maximum atomic E-state index is 14.3. The lowest BCUT2D eigenvalue weighted by atomic mass is 10.1. The van der Waals surface area contributed by atoms with Gasteiger partial charge in [-0.15, -0.1) is 0 Å². The Balaban J connectivity index is 2.40. The van der Waals surface area contributed by atoms with Gasteiger partial charge in [0.1, 0.15) is 47.7 Å². The quantitative estimate of drug-likeness (QED) is 0.0672. The number of carbonyl (C=O) groups excluding carboxylic acids is 6. The second-order valence-electron chi connectivity index (χ2n) is 20.2. The molecule has 0 N–H and O–H groups in total. The van der Waals surface area contributed by atoms with Crippen molar-refractivity contribution in [2.45, 2.75) is 144 Å². The van der Waals surface area contributed by atoms with E-state index in [-0.39, 0.29) is 35.0 Å². The van der Waals surface area contributed by atoms with Crippen LogP contribution >= 0.6 is 0 Å². The van der Waals surface area contributed by atoms with Crippen molar-refractivity contribution >= 4 is 56.5 Å². The summed E-state index contributed by atoms with van der Waals surface area (Å²) in [5, 5.41) is 0. The zero-order valence-corrected chi connectivity index (χ0v) is 45.6. The summed E-state index contributed by atoms with van der Waals surface area (Å²) in [6, 6.07) is 13.2. The maximum absolute atomic E-state index is 14.3. The van der Waals surface area contributed by atoms with Crippen LogP contribution in [0.2, 0.25) is 0 Å². The highest BCUT2D eigenvalue weighted by atomic mass is 32.2. The van der Waals surface area contributed by atoms with Crippen LogP contribution in [0, 0.1) is 0 Å². The highest BCUT2D eigenvalue weighted by molar-refractivity contribution is 7.87. The van der Waals surface area contributed by atoms with Crippen LogP contribution in [0.3, 0.4) is 0 Å². The number of nitrogens with zero attached hydrogens (tertiary/aromatic N) is 4. The minimum absolute atomic E-state index is 0.277. The van der Waals surface area contributed by atoms with Gasteiger partial charge in [0.05, 0.1) is 39.3 Å². The summed E-state index contributed by atoms with van der Waals surface area (Å²) in [6.07, 6.45) is -4.24. The van der Waals surface area contributed by atoms with Crippen molar-refractivity contribution in [3.05, 3.63) is 71.8 Å². The second-order valence-corrected chi connectivity index (χ2v) is 24.0. The van der Waals surface area contributed by atoms with Gasteiger partial charge in [-0.25, -0.2) is 9.59 Å². The van der Waals surface area contributed by atoms with Crippen LogP contribution in [0.5, 0.6) is 0 Å². The number of benzene rings is 2. The van der Waals surface area contributed by atoms with Crippen LogP contribution in [0.15, 0.2) is 60.7 Å². The molecule has 24 heteroatoms. The van der Waals surface area contributed by atoms with Gasteiger partial charge in [0, 0.05) is 27.2 Å². The van der Waals surface area contributed by atoms with Crippen molar-refractivity contribution in [3.8, 4) is 0 Å². The Morgan fingerprint density at radius 2 is 0.750 bits per heavy atom. The van der Waals surface area contributed by atoms with Crippen molar-refractivity contribution in [1.82, 2.24) is 17.2 Å². The molecular weight excluding hydrogens is 985 g/mol. The number of ether oxygens (including phenoxy) is 8. The lowest BCUT2D eigenvalue weighted by Crippen LogP contribution is -2.55. The predicted octanol–water partition coefficient (Wildman–Crippen LogP) is 5.53. The van der Waals surface area contributed by atoms with Gasteiger partial charge in [0.15, 0.2) is 0 Å². The monoisotopic (exact) mass is 1060 g/mol. The predicted molar refractivity (Wildman–Crippen MR) is 262 cm³/mol. The summed E-state index contributed by atoms with van der Waals surface area (Å²) in [6.45, 7) is 15.4. The van der Waals surface area contributed by atoms with E-state index in [0.29, 0.717) is 19.7 Å². The van der Waals surface area contributed by atoms with Gasteiger partial charge in [-0.1, -0.05) is 60.7 Å². The third-order valence-electron chi connectivity index (χ3n) is 9.11. The zero-order chi connectivity index (χ0) is 54.9. The Kier molecular flexibility index (Phi) is 23.6. The summed E-state index contributed by atoms with van der Waals surface area (Å²) in [7, 11) is -8.15. The molecule has 2 rings (SSSR count). The highest BCUT2D eigenvalue weighted by Crippen LogP contribution is 2.24. The molecular formula is C48H74N4O18S2. The summed E-state index contributed by atoms with van der Waals surface area (Å²) in [4.78, 5) is 80.4. The van der Waals surface area contributed by atoms with Crippen molar-refractivity contribution in [2.75, 3.05) is 53.6 Å². The molecule has 2 aromatic carbocycles. The number of esters is 4. The molecule has 0 aromatic heterocycles. The number of amides is 2. The van der Waals surface area contributed by atoms with Crippen LogP contribution in [0.25, 0.3) is 0 Å². The lowest BCUT2D eigenvalue weighted by molar-refractivity contribution is -0.167. The molecule has 22 nitrogen and oxygen atoms in total. The molecule has 72 heavy (non-hydrogen) atoms. The van der Waals surface area contributed by atoms with Gasteiger partial charge in [-0.3, -0.25) is 19.2 Å². The van der Waals surface area contributed by atoms with Crippen LogP contribution in [-0.4, -0.2) is 158 Å². The van der Waals surface area contributed by atoms with Crippen LogP contribution < -0.4 is 0 Å².